The van der Waals surface area contributed by atoms with Gasteiger partial charge in [-0.05, 0) is 26.0 Å². The van der Waals surface area contributed by atoms with Crippen LogP contribution in [0.2, 0.25) is 0 Å². The first-order valence-electron chi connectivity index (χ1n) is 7.82. The lowest BCUT2D eigenvalue weighted by Gasteiger charge is -2.22. The topological polar surface area (TPSA) is 138 Å². The summed E-state index contributed by atoms with van der Waals surface area (Å²) in [6.07, 6.45) is 0. The Labute approximate surface area is 147 Å². The van der Waals surface area contributed by atoms with Crippen molar-refractivity contribution >= 4 is 23.0 Å². The van der Waals surface area contributed by atoms with Crippen molar-refractivity contribution in [1.82, 2.24) is 24.6 Å². The third-order valence-electron chi connectivity index (χ3n) is 3.94. The van der Waals surface area contributed by atoms with Crippen molar-refractivity contribution in [2.45, 2.75) is 32.9 Å². The molecule has 0 aliphatic rings. The lowest BCUT2D eigenvalue weighted by molar-refractivity contribution is -0.122. The van der Waals surface area contributed by atoms with Crippen molar-refractivity contribution in [3.05, 3.63) is 46.5 Å². The smallest absolute Gasteiger partial charge is 0.337 e. The van der Waals surface area contributed by atoms with Gasteiger partial charge in [0, 0.05) is 6.92 Å². The third kappa shape index (κ3) is 2.96. The predicted octanol–water partition coefficient (Wildman–Crippen LogP) is 0.364. The van der Waals surface area contributed by atoms with Crippen molar-refractivity contribution in [2.75, 3.05) is 0 Å². The van der Waals surface area contributed by atoms with Gasteiger partial charge in [-0.1, -0.05) is 12.1 Å². The van der Waals surface area contributed by atoms with Crippen LogP contribution in [0.25, 0.3) is 11.0 Å². The summed E-state index contributed by atoms with van der Waals surface area (Å²) >= 11 is 0. The summed E-state index contributed by atoms with van der Waals surface area (Å²) in [6.45, 7) is 4.57. The zero-order valence-corrected chi connectivity index (χ0v) is 14.5. The molecule has 0 aliphatic carbocycles. The van der Waals surface area contributed by atoms with Gasteiger partial charge in [0.2, 0.25) is 17.7 Å². The molecule has 0 saturated carbocycles. The highest BCUT2D eigenvalue weighted by atomic mass is 16.4. The van der Waals surface area contributed by atoms with Gasteiger partial charge < -0.3 is 15.5 Å². The Kier molecular flexibility index (Phi) is 4.10. The van der Waals surface area contributed by atoms with E-state index in [1.807, 2.05) is 0 Å². The molecule has 3 aromatic rings. The number of fused-ring (bicyclic) bond motifs is 1. The number of amides is 2. The summed E-state index contributed by atoms with van der Waals surface area (Å²) in [5.41, 5.74) is 4.26. The number of aromatic nitrogens is 4. The highest BCUT2D eigenvalue weighted by molar-refractivity contribution is 5.94. The molecule has 2 aromatic heterocycles. The Morgan fingerprint density at radius 1 is 1.23 bits per heavy atom. The standard InChI is InChI=1S/C16H18N6O4/c1-9-19-20-12(26-9)8-21-10-6-4-5-7-11(10)22(15(21)25)14(24)18-16(2,3)13(17)23/h4-7H,8H2,1-3H3,(H2,17,23)(H,18,24). The van der Waals surface area contributed by atoms with Gasteiger partial charge in [0.15, 0.2) is 0 Å². The monoisotopic (exact) mass is 358 g/mol. The number of carbonyl (C=O) groups excluding carboxylic acids is 2. The van der Waals surface area contributed by atoms with Crippen LogP contribution in [0.1, 0.15) is 25.6 Å². The maximum Gasteiger partial charge on any atom is 0.337 e. The normalized spacial score (nSPS) is 11.7. The molecule has 0 saturated heterocycles. The van der Waals surface area contributed by atoms with E-state index < -0.39 is 23.2 Å². The Balaban J connectivity index is 2.09. The molecule has 0 atom stereocenters. The second-order valence-electron chi connectivity index (χ2n) is 6.33. The first-order chi connectivity index (χ1) is 12.2. The van der Waals surface area contributed by atoms with Crippen LogP contribution in [0.5, 0.6) is 0 Å². The number of benzene rings is 1. The Hall–Kier alpha value is -3.43. The molecule has 0 aliphatic heterocycles. The molecule has 26 heavy (non-hydrogen) atoms. The van der Waals surface area contributed by atoms with Crippen LogP contribution in [-0.4, -0.2) is 36.8 Å². The Morgan fingerprint density at radius 2 is 1.88 bits per heavy atom. The summed E-state index contributed by atoms with van der Waals surface area (Å²) < 4.78 is 7.61. The van der Waals surface area contributed by atoms with Gasteiger partial charge in [0.1, 0.15) is 12.1 Å². The quantitative estimate of drug-likeness (QED) is 0.691. The van der Waals surface area contributed by atoms with Crippen molar-refractivity contribution in [2.24, 2.45) is 5.73 Å². The first-order valence-corrected chi connectivity index (χ1v) is 7.82. The van der Waals surface area contributed by atoms with Gasteiger partial charge in [0.25, 0.3) is 0 Å². The zero-order valence-electron chi connectivity index (χ0n) is 14.5. The number of carbonyl (C=O) groups is 2. The Bertz CT molecular complexity index is 1060. The summed E-state index contributed by atoms with van der Waals surface area (Å²) in [5, 5.41) is 10.1. The molecular weight excluding hydrogens is 340 g/mol. The number of imidazole rings is 1. The van der Waals surface area contributed by atoms with Gasteiger partial charge in [-0.3, -0.25) is 9.36 Å². The molecule has 0 bridgehead atoms. The summed E-state index contributed by atoms with van der Waals surface area (Å²) in [4.78, 5) is 37.0. The maximum atomic E-state index is 12.9. The summed E-state index contributed by atoms with van der Waals surface area (Å²) in [7, 11) is 0. The first kappa shape index (κ1) is 17.4. The average Bonchev–Trinajstić information content (AvgIpc) is 3.09. The summed E-state index contributed by atoms with van der Waals surface area (Å²) in [6, 6.07) is 6.01. The number of primary amides is 1. The van der Waals surface area contributed by atoms with Crippen LogP contribution >= 0.6 is 0 Å². The fourth-order valence-electron chi connectivity index (χ4n) is 2.48. The highest BCUT2D eigenvalue weighted by Crippen LogP contribution is 2.15. The van der Waals surface area contributed by atoms with E-state index in [-0.39, 0.29) is 12.4 Å². The minimum Gasteiger partial charge on any atom is -0.424 e. The van der Waals surface area contributed by atoms with Crippen LogP contribution in [0.4, 0.5) is 4.79 Å². The molecule has 2 heterocycles. The van der Waals surface area contributed by atoms with E-state index in [1.54, 1.807) is 31.2 Å². The van der Waals surface area contributed by atoms with Gasteiger partial charge in [-0.15, -0.1) is 10.2 Å². The lowest BCUT2D eigenvalue weighted by Crippen LogP contribution is -2.55. The van der Waals surface area contributed by atoms with Gasteiger partial charge in [-0.2, -0.15) is 0 Å². The molecule has 1 aromatic carbocycles. The molecule has 136 valence electrons. The minimum absolute atomic E-state index is 0.0136. The SMILES string of the molecule is Cc1nnc(Cn2c(=O)n(C(=O)NC(C)(C)C(N)=O)c3ccccc32)o1. The molecule has 10 heteroatoms. The Morgan fingerprint density at radius 3 is 2.46 bits per heavy atom. The third-order valence-corrected chi connectivity index (χ3v) is 3.94. The van der Waals surface area contributed by atoms with E-state index >= 15 is 0 Å². The number of rotatable bonds is 4. The lowest BCUT2D eigenvalue weighted by atomic mass is 10.1. The second-order valence-corrected chi connectivity index (χ2v) is 6.33. The van der Waals surface area contributed by atoms with Gasteiger partial charge in [0.05, 0.1) is 11.0 Å². The molecule has 0 unspecified atom stereocenters. The van der Waals surface area contributed by atoms with Crippen molar-refractivity contribution < 1.29 is 14.0 Å². The van der Waals surface area contributed by atoms with Crippen LogP contribution in [0, 0.1) is 6.92 Å². The van der Waals surface area contributed by atoms with Gasteiger partial charge >= 0.3 is 11.7 Å². The molecule has 0 spiro atoms. The van der Waals surface area contributed by atoms with Crippen molar-refractivity contribution in [3.63, 3.8) is 0 Å². The number of nitrogens with one attached hydrogen (secondary N) is 1. The van der Waals surface area contributed by atoms with E-state index in [2.05, 4.69) is 15.5 Å². The van der Waals surface area contributed by atoms with Crippen LogP contribution in [0.3, 0.4) is 0 Å². The predicted molar refractivity (Wildman–Crippen MR) is 91.5 cm³/mol. The minimum atomic E-state index is -1.32. The highest BCUT2D eigenvalue weighted by Gasteiger charge is 2.29. The number of para-hydroxylation sites is 2. The number of nitrogens with two attached hydrogens (primary N) is 1. The molecule has 0 fully saturated rings. The molecule has 0 radical (unpaired) electrons. The molecule has 3 N–H and O–H groups in total. The maximum absolute atomic E-state index is 12.9. The molecule has 10 nitrogen and oxygen atoms in total. The van der Waals surface area contributed by atoms with Crippen molar-refractivity contribution in [3.8, 4) is 0 Å². The van der Waals surface area contributed by atoms with E-state index in [0.717, 1.165) is 4.57 Å². The van der Waals surface area contributed by atoms with E-state index in [0.29, 0.717) is 16.9 Å². The zero-order chi connectivity index (χ0) is 19.1. The number of hydrogen-bond donors (Lipinski definition) is 2. The van der Waals surface area contributed by atoms with Gasteiger partial charge in [-0.25, -0.2) is 14.2 Å². The van der Waals surface area contributed by atoms with Crippen LogP contribution in [-0.2, 0) is 11.3 Å². The average molecular weight is 358 g/mol. The fourth-order valence-corrected chi connectivity index (χ4v) is 2.48. The largest absolute Gasteiger partial charge is 0.424 e. The molecular formula is C16H18N6O4. The molecule has 3 rings (SSSR count). The van der Waals surface area contributed by atoms with Crippen molar-refractivity contribution in [1.29, 1.82) is 0 Å². The fraction of sp³-hybridized carbons (Fsp3) is 0.312. The molecule has 2 amide bonds. The van der Waals surface area contributed by atoms with Crippen LogP contribution < -0.4 is 16.7 Å². The van der Waals surface area contributed by atoms with E-state index in [9.17, 15) is 14.4 Å². The number of nitrogens with zero attached hydrogens (tertiary/aromatic N) is 4. The second kappa shape index (κ2) is 6.14. The van der Waals surface area contributed by atoms with E-state index in [1.165, 1.54) is 18.4 Å². The van der Waals surface area contributed by atoms with Crippen LogP contribution in [0.15, 0.2) is 33.5 Å². The number of hydrogen-bond acceptors (Lipinski definition) is 6. The van der Waals surface area contributed by atoms with E-state index in [4.69, 9.17) is 10.2 Å². The number of aryl methyl sites for hydroxylation is 1. The summed E-state index contributed by atoms with van der Waals surface area (Å²) in [5.74, 6) is -0.105.